The molecule has 1 heterocycles. The lowest BCUT2D eigenvalue weighted by Gasteiger charge is -2.37. The van der Waals surface area contributed by atoms with Crippen molar-refractivity contribution in [2.75, 3.05) is 20.2 Å². The van der Waals surface area contributed by atoms with Crippen molar-refractivity contribution in [2.24, 2.45) is 5.92 Å². The smallest absolute Gasteiger partial charge is 0.310 e. The number of esters is 1. The number of hydrogen-bond acceptors (Lipinski definition) is 3. The number of rotatable bonds is 4. The second-order valence-electron chi connectivity index (χ2n) is 6.30. The average Bonchev–Trinajstić information content (AvgIpc) is 2.63. The van der Waals surface area contributed by atoms with E-state index in [2.05, 4.69) is 17.0 Å². The number of hydrogen-bond donors (Lipinski definition) is 0. The predicted molar refractivity (Wildman–Crippen MR) is 96.0 cm³/mol. The van der Waals surface area contributed by atoms with Crippen LogP contribution < -0.4 is 0 Å². The van der Waals surface area contributed by atoms with E-state index in [1.807, 2.05) is 42.5 Å². The number of likely N-dealkylation sites (tertiary alicyclic amines) is 1. The van der Waals surface area contributed by atoms with Crippen molar-refractivity contribution in [3.05, 3.63) is 70.7 Å². The molecule has 126 valence electrons. The van der Waals surface area contributed by atoms with Crippen molar-refractivity contribution in [3.63, 3.8) is 0 Å². The van der Waals surface area contributed by atoms with E-state index in [9.17, 15) is 4.79 Å². The van der Waals surface area contributed by atoms with Crippen molar-refractivity contribution in [1.82, 2.24) is 4.90 Å². The Labute approximate surface area is 148 Å². The molecule has 0 N–H and O–H groups in total. The molecule has 3 nitrogen and oxygen atoms in total. The molecule has 0 unspecified atom stereocenters. The number of carbonyl (C=O) groups excluding carboxylic acids is 1. The van der Waals surface area contributed by atoms with E-state index >= 15 is 0 Å². The van der Waals surface area contributed by atoms with Crippen LogP contribution in [0.2, 0.25) is 5.02 Å². The summed E-state index contributed by atoms with van der Waals surface area (Å²) in [6.45, 7) is 2.55. The van der Waals surface area contributed by atoms with Gasteiger partial charge in [-0.05, 0) is 42.1 Å². The summed E-state index contributed by atoms with van der Waals surface area (Å²) in [4.78, 5) is 14.7. The summed E-state index contributed by atoms with van der Waals surface area (Å²) in [5, 5.41) is 0.717. The van der Waals surface area contributed by atoms with Crippen LogP contribution in [0.15, 0.2) is 54.6 Å². The normalized spacial score (nSPS) is 21.4. The molecule has 0 bridgehead atoms. The van der Waals surface area contributed by atoms with E-state index < -0.39 is 0 Å². The highest BCUT2D eigenvalue weighted by Gasteiger charge is 2.35. The molecular formula is C20H22ClNO2. The van der Waals surface area contributed by atoms with Gasteiger partial charge in [0.25, 0.3) is 0 Å². The quantitative estimate of drug-likeness (QED) is 0.782. The highest BCUT2D eigenvalue weighted by Crippen LogP contribution is 2.34. The maximum atomic E-state index is 12.3. The highest BCUT2D eigenvalue weighted by atomic mass is 35.5. The molecule has 2 aromatic rings. The number of ether oxygens (including phenoxy) is 1. The lowest BCUT2D eigenvalue weighted by Crippen LogP contribution is -2.42. The highest BCUT2D eigenvalue weighted by molar-refractivity contribution is 6.30. The van der Waals surface area contributed by atoms with E-state index in [0.717, 1.165) is 36.6 Å². The summed E-state index contributed by atoms with van der Waals surface area (Å²) in [6, 6.07) is 18.2. The number of benzene rings is 2. The van der Waals surface area contributed by atoms with Gasteiger partial charge < -0.3 is 4.74 Å². The first-order chi connectivity index (χ1) is 11.7. The van der Waals surface area contributed by atoms with Gasteiger partial charge in [0.2, 0.25) is 0 Å². The monoisotopic (exact) mass is 343 g/mol. The van der Waals surface area contributed by atoms with Gasteiger partial charge in [0.15, 0.2) is 0 Å². The molecule has 1 aliphatic heterocycles. The lowest BCUT2D eigenvalue weighted by atomic mass is 9.80. The van der Waals surface area contributed by atoms with E-state index in [1.165, 1.54) is 12.7 Å². The van der Waals surface area contributed by atoms with Crippen LogP contribution in [0.5, 0.6) is 0 Å². The summed E-state index contributed by atoms with van der Waals surface area (Å²) < 4.78 is 5.07. The molecule has 0 saturated carbocycles. The van der Waals surface area contributed by atoms with Crippen LogP contribution in [0, 0.1) is 5.92 Å². The van der Waals surface area contributed by atoms with Crippen molar-refractivity contribution >= 4 is 17.6 Å². The zero-order chi connectivity index (χ0) is 16.9. The Kier molecular flexibility index (Phi) is 5.54. The van der Waals surface area contributed by atoms with Gasteiger partial charge in [0.05, 0.1) is 13.0 Å². The third-order valence-corrected chi connectivity index (χ3v) is 5.00. The van der Waals surface area contributed by atoms with E-state index in [-0.39, 0.29) is 17.8 Å². The molecule has 2 atom stereocenters. The van der Waals surface area contributed by atoms with Gasteiger partial charge in [-0.15, -0.1) is 0 Å². The zero-order valence-electron chi connectivity index (χ0n) is 13.8. The SMILES string of the molecule is COC(=O)[C@@H]1CN(Cc2ccccc2)CC[C@@H]1c1ccc(Cl)cc1. The molecule has 0 aliphatic carbocycles. The largest absolute Gasteiger partial charge is 0.469 e. The summed E-state index contributed by atoms with van der Waals surface area (Å²) in [5.41, 5.74) is 2.43. The maximum Gasteiger partial charge on any atom is 0.310 e. The van der Waals surface area contributed by atoms with Gasteiger partial charge >= 0.3 is 5.97 Å². The summed E-state index contributed by atoms with van der Waals surface area (Å²) >= 11 is 5.99. The average molecular weight is 344 g/mol. The number of nitrogens with zero attached hydrogens (tertiary/aromatic N) is 1. The first kappa shape index (κ1) is 17.0. The second-order valence-corrected chi connectivity index (χ2v) is 6.73. The standard InChI is InChI=1S/C20H22ClNO2/c1-24-20(23)19-14-22(13-15-5-3-2-4-6-15)12-11-18(19)16-7-9-17(21)10-8-16/h2-10,18-19H,11-14H2,1H3/t18-,19-/m1/s1. The third-order valence-electron chi connectivity index (χ3n) is 4.75. The molecule has 1 aliphatic rings. The Hall–Kier alpha value is -1.84. The first-order valence-electron chi connectivity index (χ1n) is 8.27. The minimum atomic E-state index is -0.145. The van der Waals surface area contributed by atoms with Gasteiger partial charge in [-0.1, -0.05) is 54.1 Å². The van der Waals surface area contributed by atoms with Gasteiger partial charge in [0.1, 0.15) is 0 Å². The van der Waals surface area contributed by atoms with Crippen molar-refractivity contribution in [2.45, 2.75) is 18.9 Å². The molecule has 2 aromatic carbocycles. The van der Waals surface area contributed by atoms with Crippen LogP contribution in [-0.2, 0) is 16.1 Å². The summed E-state index contributed by atoms with van der Waals surface area (Å²) in [5.74, 6) is -0.0944. The fourth-order valence-corrected chi connectivity index (χ4v) is 3.63. The molecule has 1 saturated heterocycles. The number of halogens is 1. The van der Waals surface area contributed by atoms with Crippen molar-refractivity contribution in [1.29, 1.82) is 0 Å². The third kappa shape index (κ3) is 3.97. The zero-order valence-corrected chi connectivity index (χ0v) is 14.6. The minimum absolute atomic E-state index is 0.132. The maximum absolute atomic E-state index is 12.3. The Bertz CT molecular complexity index is 672. The molecule has 1 fully saturated rings. The van der Waals surface area contributed by atoms with Crippen LogP contribution in [0.1, 0.15) is 23.5 Å². The molecule has 4 heteroatoms. The summed E-state index contributed by atoms with van der Waals surface area (Å²) in [7, 11) is 1.47. The Morgan fingerprint density at radius 2 is 1.88 bits per heavy atom. The lowest BCUT2D eigenvalue weighted by molar-refractivity contribution is -0.148. The van der Waals surface area contributed by atoms with Crippen molar-refractivity contribution in [3.8, 4) is 0 Å². The van der Waals surface area contributed by atoms with Crippen molar-refractivity contribution < 1.29 is 9.53 Å². The molecular weight excluding hydrogens is 322 g/mol. The molecule has 24 heavy (non-hydrogen) atoms. The van der Waals surface area contributed by atoms with E-state index in [4.69, 9.17) is 16.3 Å². The Balaban J connectivity index is 1.75. The number of carbonyl (C=O) groups is 1. The van der Waals surface area contributed by atoms with Crippen LogP contribution >= 0.6 is 11.6 Å². The molecule has 0 radical (unpaired) electrons. The van der Waals surface area contributed by atoms with Gasteiger partial charge in [-0.3, -0.25) is 9.69 Å². The summed E-state index contributed by atoms with van der Waals surface area (Å²) in [6.07, 6.45) is 0.939. The van der Waals surface area contributed by atoms with E-state index in [0.29, 0.717) is 0 Å². The van der Waals surface area contributed by atoms with Gasteiger partial charge in [-0.25, -0.2) is 0 Å². The molecule has 0 spiro atoms. The molecule has 0 amide bonds. The first-order valence-corrected chi connectivity index (χ1v) is 8.64. The Morgan fingerprint density at radius 3 is 2.54 bits per heavy atom. The second kappa shape index (κ2) is 7.82. The molecule has 0 aromatic heterocycles. The van der Waals surface area contributed by atoms with Crippen LogP contribution in [0.4, 0.5) is 0 Å². The topological polar surface area (TPSA) is 29.5 Å². The van der Waals surface area contributed by atoms with Gasteiger partial charge in [0, 0.05) is 18.1 Å². The van der Waals surface area contributed by atoms with Crippen LogP contribution in [-0.4, -0.2) is 31.1 Å². The fourth-order valence-electron chi connectivity index (χ4n) is 3.50. The van der Waals surface area contributed by atoms with Crippen LogP contribution in [0.3, 0.4) is 0 Å². The number of methoxy groups -OCH3 is 1. The van der Waals surface area contributed by atoms with Crippen LogP contribution in [0.25, 0.3) is 0 Å². The fraction of sp³-hybridized carbons (Fsp3) is 0.350. The molecule has 3 rings (SSSR count). The Morgan fingerprint density at radius 1 is 1.17 bits per heavy atom. The van der Waals surface area contributed by atoms with E-state index in [1.54, 1.807) is 0 Å². The predicted octanol–water partition coefficient (Wildman–Crippen LogP) is 4.12. The minimum Gasteiger partial charge on any atom is -0.469 e. The number of piperidine rings is 1. The van der Waals surface area contributed by atoms with Gasteiger partial charge in [-0.2, -0.15) is 0 Å².